The van der Waals surface area contributed by atoms with Crippen LogP contribution in [0.15, 0.2) is 413 Å². The summed E-state index contributed by atoms with van der Waals surface area (Å²) >= 11 is 0. The van der Waals surface area contributed by atoms with E-state index in [0.29, 0.717) is 40.2 Å². The molecule has 10 nitrogen and oxygen atoms in total. The molecule has 0 bridgehead atoms. The van der Waals surface area contributed by atoms with Gasteiger partial charge in [0.15, 0.2) is 69.0 Å². The monoisotopic (exact) mass is 1650 g/mol. The Balaban J connectivity index is 0.000000111. The van der Waals surface area contributed by atoms with Gasteiger partial charge in [0, 0.05) is 80.7 Å². The van der Waals surface area contributed by atoms with Crippen molar-refractivity contribution >= 4 is 72.7 Å². The average Bonchev–Trinajstić information content (AvgIpc) is 1.59. The topological polar surface area (TPSA) is 78.0 Å². The summed E-state index contributed by atoms with van der Waals surface area (Å²) in [5, 5.41) is 4.87. The third-order valence-corrected chi connectivity index (χ3v) is 26.3. The van der Waals surface area contributed by atoms with E-state index >= 15 is 0 Å². The lowest BCUT2D eigenvalue weighted by molar-refractivity contribution is 0.360. The van der Waals surface area contributed by atoms with Crippen molar-refractivity contribution < 1.29 is 28.4 Å². The molecule has 4 heterocycles. The Bertz CT molecular complexity index is 7640. The first-order valence-electron chi connectivity index (χ1n) is 43.7. The summed E-state index contributed by atoms with van der Waals surface area (Å²) in [6.07, 6.45) is 3.65. The van der Waals surface area contributed by atoms with Crippen molar-refractivity contribution in [2.45, 2.75) is 57.8 Å². The van der Waals surface area contributed by atoms with Gasteiger partial charge in [-0.15, -0.1) is 0 Å². The van der Waals surface area contributed by atoms with E-state index in [-0.39, 0.29) is 16.2 Å². The van der Waals surface area contributed by atoms with Gasteiger partial charge in [-0.2, -0.15) is 0 Å². The van der Waals surface area contributed by atoms with Crippen LogP contribution in [0.2, 0.25) is 0 Å². The number of rotatable bonds is 11. The largest absolute Gasteiger partial charge is 0.450 e. The van der Waals surface area contributed by atoms with Gasteiger partial charge in [0.05, 0.1) is 22.7 Å². The molecule has 0 fully saturated rings. The zero-order valence-electron chi connectivity index (χ0n) is 71.5. The predicted octanol–water partition coefficient (Wildman–Crippen LogP) is 33.1. The lowest BCUT2D eigenvalue weighted by Gasteiger charge is -2.30. The lowest BCUT2D eigenvalue weighted by Crippen LogP contribution is -2.16. The molecule has 0 amide bonds. The summed E-state index contributed by atoms with van der Waals surface area (Å²) in [6.45, 7) is 13.9. The van der Waals surface area contributed by atoms with E-state index in [4.69, 9.17) is 28.4 Å². The third kappa shape index (κ3) is 13.1. The molecule has 0 saturated carbocycles. The number of anilines is 9. The van der Waals surface area contributed by atoms with Gasteiger partial charge in [0.25, 0.3) is 0 Å². The van der Waals surface area contributed by atoms with E-state index in [1.54, 1.807) is 0 Å². The second-order valence-electron chi connectivity index (χ2n) is 34.9. The molecule has 128 heavy (non-hydrogen) atoms. The fourth-order valence-electron chi connectivity index (χ4n) is 19.9. The van der Waals surface area contributed by atoms with Crippen LogP contribution in [0.4, 0.5) is 51.2 Å². The molecule has 10 heteroatoms. The fourth-order valence-corrected chi connectivity index (χ4v) is 19.9. The summed E-state index contributed by atoms with van der Waals surface area (Å²) in [5.41, 5.74) is 29.9. The van der Waals surface area contributed by atoms with Gasteiger partial charge in [0.1, 0.15) is 0 Å². The Labute approximate surface area is 744 Å². The number of para-hydroxylation sites is 6. The SMILES string of the molecule is CC1(C)c2ccccc2-c2ccc(N(c3ccc(-c4cccc5ccccc45)cc3)c3ccc4c(c3)Oc3ccccc3O4)cc21.CC1(C)c2ccccc2-c2ccc(N(c3ccc4c(c3)Oc3ccccc3O4)c3ccc(-c4ccccc4)c4ccccc34)cc21.CC1(C)c2ccccc2-c2ccc(N(c3ccncc3)c3ccc4c(c3)Oc3ccccc3O4)cc21. The van der Waals surface area contributed by atoms with Crippen LogP contribution in [0, 0.1) is 0 Å². The zero-order chi connectivity index (χ0) is 85.9. The molecule has 0 radical (unpaired) electrons. The third-order valence-electron chi connectivity index (χ3n) is 26.3. The molecule has 0 atom stereocenters. The van der Waals surface area contributed by atoms with Crippen LogP contribution in [0.3, 0.4) is 0 Å². The van der Waals surface area contributed by atoms with Crippen molar-refractivity contribution in [3.63, 3.8) is 0 Å². The van der Waals surface area contributed by atoms with Gasteiger partial charge in [-0.1, -0.05) is 284 Å². The van der Waals surface area contributed by atoms with Gasteiger partial charge >= 0.3 is 0 Å². The molecule has 3 aliphatic heterocycles. The smallest absolute Gasteiger partial charge is 0.172 e. The number of aromatic nitrogens is 1. The molecule has 1 aromatic heterocycles. The van der Waals surface area contributed by atoms with Crippen molar-refractivity contribution in [1.82, 2.24) is 4.98 Å². The summed E-state index contributed by atoms with van der Waals surface area (Å²) in [7, 11) is 0. The maximum Gasteiger partial charge on any atom is 0.172 e. The molecule has 0 saturated heterocycles. The molecule has 614 valence electrons. The van der Waals surface area contributed by atoms with Gasteiger partial charge in [0.2, 0.25) is 0 Å². The Morgan fingerprint density at radius 2 is 0.477 bits per heavy atom. The minimum atomic E-state index is -0.122. The Morgan fingerprint density at radius 1 is 0.188 bits per heavy atom. The van der Waals surface area contributed by atoms with Crippen LogP contribution < -0.4 is 43.1 Å². The quantitative estimate of drug-likeness (QED) is 0.125. The fraction of sp³-hybridized carbons (Fsp3) is 0.0763. The minimum Gasteiger partial charge on any atom is -0.450 e. The highest BCUT2D eigenvalue weighted by Crippen LogP contribution is 2.58. The second-order valence-corrected chi connectivity index (χ2v) is 34.9. The zero-order valence-corrected chi connectivity index (χ0v) is 71.5. The number of benzene rings is 18. The molecule has 6 aliphatic rings. The molecule has 0 N–H and O–H groups in total. The summed E-state index contributed by atoms with van der Waals surface area (Å²) in [5.74, 6) is 8.53. The van der Waals surface area contributed by atoms with E-state index in [1.165, 1.54) is 111 Å². The lowest BCUT2D eigenvalue weighted by atomic mass is 9.82. The van der Waals surface area contributed by atoms with Crippen molar-refractivity contribution in [3.8, 4) is 125 Å². The van der Waals surface area contributed by atoms with Gasteiger partial charge in [-0.25, -0.2) is 0 Å². The molecule has 3 aliphatic carbocycles. The van der Waals surface area contributed by atoms with Crippen molar-refractivity contribution in [1.29, 1.82) is 0 Å². The molecule has 25 rings (SSSR count). The summed E-state index contributed by atoms with van der Waals surface area (Å²) in [4.78, 5) is 11.2. The van der Waals surface area contributed by atoms with Gasteiger partial charge in [-0.05, 0) is 245 Å². The van der Waals surface area contributed by atoms with Crippen molar-refractivity contribution in [2.24, 2.45) is 0 Å². The van der Waals surface area contributed by atoms with E-state index in [9.17, 15) is 0 Å². The molecule has 0 unspecified atom stereocenters. The van der Waals surface area contributed by atoms with Crippen molar-refractivity contribution in [3.05, 3.63) is 446 Å². The first-order valence-corrected chi connectivity index (χ1v) is 43.7. The normalized spacial score (nSPS) is 13.6. The van der Waals surface area contributed by atoms with E-state index in [0.717, 1.165) is 79.9 Å². The highest BCUT2D eigenvalue weighted by atomic mass is 16.6. The van der Waals surface area contributed by atoms with Crippen LogP contribution in [0.25, 0.3) is 77.2 Å². The molecule has 19 aromatic rings. The maximum atomic E-state index is 6.40. The Kier molecular flexibility index (Phi) is 18.4. The number of nitrogens with zero attached hydrogens (tertiary/aromatic N) is 4. The first kappa shape index (κ1) is 76.7. The maximum absolute atomic E-state index is 6.40. The van der Waals surface area contributed by atoms with Crippen LogP contribution in [-0.2, 0) is 16.2 Å². The Morgan fingerprint density at radius 3 is 0.930 bits per heavy atom. The number of hydrogen-bond acceptors (Lipinski definition) is 10. The number of pyridine rings is 1. The van der Waals surface area contributed by atoms with E-state index in [1.807, 2.05) is 122 Å². The number of ether oxygens (including phenoxy) is 6. The molecular weight excluding hydrogens is 1570 g/mol. The second kappa shape index (κ2) is 30.7. The highest BCUT2D eigenvalue weighted by molar-refractivity contribution is 6.07. The van der Waals surface area contributed by atoms with E-state index < -0.39 is 0 Å². The summed E-state index contributed by atoms with van der Waals surface area (Å²) in [6, 6.07) is 141. The standard InChI is InChI=1S/2C43H31NO2.C32H24N2O2/c1-43(2)37-15-6-5-13-35(37)36-24-22-31(26-38(36)43)44(32-23-25-41-42(27-32)46-40-17-8-7-16-39(40)45-41)30-20-18-29(19-21-30)34-14-9-11-28-10-3-4-12-33(28)34;1-43(2)36-17-9-8-15-33(36)34-22-20-29(26-37(34)43)44(30-21-25-41-42(27-30)46-40-19-11-10-18-39(40)45-41)38-24-23-31(28-12-4-3-5-13-28)32-14-6-7-16-35(32)38;1-32(2)26-8-4-3-7-24(26)25-13-11-22(19-27(25)32)34(21-15-17-33-18-16-21)23-12-14-30-31(20-23)36-29-10-6-5-9-28(29)35-30/h2*3-27H,1-2H3;3-20H,1-2H3. The predicted molar refractivity (Wildman–Crippen MR) is 520 cm³/mol. The van der Waals surface area contributed by atoms with Crippen molar-refractivity contribution in [2.75, 3.05) is 14.7 Å². The van der Waals surface area contributed by atoms with Gasteiger partial charge in [-0.3, -0.25) is 4.98 Å². The summed E-state index contributed by atoms with van der Waals surface area (Å²) < 4.78 is 37.5. The first-order chi connectivity index (χ1) is 62.7. The van der Waals surface area contributed by atoms with Gasteiger partial charge < -0.3 is 43.1 Å². The van der Waals surface area contributed by atoms with Crippen LogP contribution in [-0.4, -0.2) is 4.98 Å². The van der Waals surface area contributed by atoms with Crippen LogP contribution in [0.1, 0.15) is 74.9 Å². The minimum absolute atomic E-state index is 0.0810. The Hall–Kier alpha value is -16.2. The van der Waals surface area contributed by atoms with E-state index in [2.05, 4.69) is 352 Å². The average molecular weight is 1660 g/mol. The van der Waals surface area contributed by atoms with Crippen LogP contribution >= 0.6 is 0 Å². The molecule has 0 spiro atoms. The van der Waals surface area contributed by atoms with Crippen LogP contribution in [0.5, 0.6) is 69.0 Å². The molecule has 18 aromatic carbocycles. The molecular formula is C118H86N4O6. The number of hydrogen-bond donors (Lipinski definition) is 0. The number of fused-ring (bicyclic) bond motifs is 17. The highest BCUT2D eigenvalue weighted by Gasteiger charge is 2.40.